The SMILES string of the molecule is O[C@H]1CC2(CCOCC2)Oc2ccc(Br)cc21. The van der Waals surface area contributed by atoms with Crippen molar-refractivity contribution in [1.82, 2.24) is 0 Å². The molecule has 4 heteroatoms. The molecule has 1 atom stereocenters. The summed E-state index contributed by atoms with van der Waals surface area (Å²) in [6, 6.07) is 5.81. The molecule has 1 aromatic carbocycles. The monoisotopic (exact) mass is 298 g/mol. The van der Waals surface area contributed by atoms with Gasteiger partial charge in [-0.3, -0.25) is 0 Å². The Kier molecular flexibility index (Phi) is 2.89. The predicted molar refractivity (Wildman–Crippen MR) is 67.1 cm³/mol. The van der Waals surface area contributed by atoms with Crippen molar-refractivity contribution in [3.63, 3.8) is 0 Å². The second kappa shape index (κ2) is 4.26. The largest absolute Gasteiger partial charge is 0.487 e. The van der Waals surface area contributed by atoms with Crippen LogP contribution in [0.5, 0.6) is 5.75 Å². The number of fused-ring (bicyclic) bond motifs is 1. The summed E-state index contributed by atoms with van der Waals surface area (Å²) in [7, 11) is 0. The molecule has 2 heterocycles. The van der Waals surface area contributed by atoms with Gasteiger partial charge in [0.2, 0.25) is 0 Å². The maximum atomic E-state index is 10.3. The summed E-state index contributed by atoms with van der Waals surface area (Å²) in [6.45, 7) is 1.44. The van der Waals surface area contributed by atoms with Gasteiger partial charge < -0.3 is 14.6 Å². The van der Waals surface area contributed by atoms with Crippen molar-refractivity contribution in [3.8, 4) is 5.75 Å². The second-order valence-electron chi connectivity index (χ2n) is 4.80. The number of aliphatic hydroxyl groups is 1. The summed E-state index contributed by atoms with van der Waals surface area (Å²) < 4.78 is 12.5. The lowest BCUT2D eigenvalue weighted by Gasteiger charge is -2.43. The Labute approximate surface area is 109 Å². The van der Waals surface area contributed by atoms with E-state index in [1.807, 2.05) is 18.2 Å². The van der Waals surface area contributed by atoms with Crippen molar-refractivity contribution in [2.75, 3.05) is 13.2 Å². The standard InChI is InChI=1S/C13H15BrO3/c14-9-1-2-12-10(7-9)11(15)8-13(17-12)3-5-16-6-4-13/h1-2,7,11,15H,3-6,8H2/t11-/m0/s1. The molecule has 1 saturated heterocycles. The first kappa shape index (κ1) is 11.5. The number of hydrogen-bond acceptors (Lipinski definition) is 3. The van der Waals surface area contributed by atoms with Crippen LogP contribution < -0.4 is 4.74 Å². The second-order valence-corrected chi connectivity index (χ2v) is 5.72. The van der Waals surface area contributed by atoms with E-state index in [2.05, 4.69) is 15.9 Å². The minimum absolute atomic E-state index is 0.224. The predicted octanol–water partition coefficient (Wildman–Crippen LogP) is 2.81. The summed E-state index contributed by atoms with van der Waals surface area (Å²) in [5.74, 6) is 0.814. The van der Waals surface area contributed by atoms with Gasteiger partial charge in [-0.05, 0) is 18.2 Å². The molecule has 3 rings (SSSR count). The van der Waals surface area contributed by atoms with Crippen molar-refractivity contribution in [2.45, 2.75) is 31.0 Å². The Morgan fingerprint density at radius 1 is 1.29 bits per heavy atom. The fourth-order valence-corrected chi connectivity index (χ4v) is 3.04. The van der Waals surface area contributed by atoms with Crippen LogP contribution in [0.15, 0.2) is 22.7 Å². The first-order valence-corrected chi connectivity index (χ1v) is 6.72. The minimum Gasteiger partial charge on any atom is -0.487 e. The van der Waals surface area contributed by atoms with Gasteiger partial charge in [-0.25, -0.2) is 0 Å². The van der Waals surface area contributed by atoms with E-state index in [1.165, 1.54) is 0 Å². The maximum absolute atomic E-state index is 10.3. The van der Waals surface area contributed by atoms with Crippen LogP contribution in [0.1, 0.15) is 30.9 Å². The molecular weight excluding hydrogens is 284 g/mol. The van der Waals surface area contributed by atoms with Gasteiger partial charge in [0.05, 0.1) is 19.3 Å². The highest BCUT2D eigenvalue weighted by Gasteiger charge is 2.41. The van der Waals surface area contributed by atoms with Gasteiger partial charge in [0.1, 0.15) is 11.4 Å². The molecule has 0 aromatic heterocycles. The van der Waals surface area contributed by atoms with Gasteiger partial charge in [0.15, 0.2) is 0 Å². The fraction of sp³-hybridized carbons (Fsp3) is 0.538. The van der Waals surface area contributed by atoms with E-state index in [0.29, 0.717) is 6.42 Å². The summed E-state index contributed by atoms with van der Waals surface area (Å²) in [5.41, 5.74) is 0.662. The smallest absolute Gasteiger partial charge is 0.126 e. The highest BCUT2D eigenvalue weighted by atomic mass is 79.9. The van der Waals surface area contributed by atoms with E-state index < -0.39 is 6.10 Å². The Balaban J connectivity index is 1.94. The quantitative estimate of drug-likeness (QED) is 0.800. The zero-order valence-electron chi connectivity index (χ0n) is 9.49. The number of rotatable bonds is 0. The molecule has 17 heavy (non-hydrogen) atoms. The zero-order chi connectivity index (χ0) is 11.9. The number of halogens is 1. The molecule has 92 valence electrons. The Morgan fingerprint density at radius 2 is 2.06 bits per heavy atom. The molecule has 2 aliphatic rings. The van der Waals surface area contributed by atoms with E-state index >= 15 is 0 Å². The first-order valence-electron chi connectivity index (χ1n) is 5.93. The average Bonchev–Trinajstić information content (AvgIpc) is 2.31. The molecule has 1 aromatic rings. The molecule has 0 saturated carbocycles. The summed E-state index contributed by atoms with van der Waals surface area (Å²) in [4.78, 5) is 0. The molecule has 1 N–H and O–H groups in total. The number of aliphatic hydroxyl groups excluding tert-OH is 1. The van der Waals surface area contributed by atoms with Crippen LogP contribution >= 0.6 is 15.9 Å². The molecule has 2 aliphatic heterocycles. The van der Waals surface area contributed by atoms with Crippen LogP contribution in [0.3, 0.4) is 0 Å². The van der Waals surface area contributed by atoms with Crippen molar-refractivity contribution in [1.29, 1.82) is 0 Å². The summed E-state index contributed by atoms with van der Waals surface area (Å²) in [5, 5.41) is 10.3. The van der Waals surface area contributed by atoms with Crippen LogP contribution in [0.25, 0.3) is 0 Å². The number of benzene rings is 1. The molecule has 0 amide bonds. The molecule has 0 bridgehead atoms. The van der Waals surface area contributed by atoms with Gasteiger partial charge in [0, 0.05) is 29.3 Å². The summed E-state index contributed by atoms with van der Waals surface area (Å²) >= 11 is 3.42. The minimum atomic E-state index is -0.436. The molecule has 0 unspecified atom stereocenters. The normalized spacial score (nSPS) is 26.4. The molecule has 0 radical (unpaired) electrons. The number of ether oxygens (including phenoxy) is 2. The first-order chi connectivity index (χ1) is 8.19. The van der Waals surface area contributed by atoms with Crippen LogP contribution in [-0.2, 0) is 4.74 Å². The maximum Gasteiger partial charge on any atom is 0.126 e. The lowest BCUT2D eigenvalue weighted by Crippen LogP contribution is -2.45. The van der Waals surface area contributed by atoms with Crippen molar-refractivity contribution in [2.24, 2.45) is 0 Å². The Morgan fingerprint density at radius 3 is 2.82 bits per heavy atom. The molecular formula is C13H15BrO3. The topological polar surface area (TPSA) is 38.7 Å². The van der Waals surface area contributed by atoms with E-state index in [-0.39, 0.29) is 5.60 Å². The van der Waals surface area contributed by atoms with Crippen LogP contribution in [0.4, 0.5) is 0 Å². The highest BCUT2D eigenvalue weighted by Crippen LogP contribution is 2.44. The molecule has 1 fully saturated rings. The third kappa shape index (κ3) is 2.09. The third-order valence-electron chi connectivity index (χ3n) is 3.63. The third-order valence-corrected chi connectivity index (χ3v) is 4.12. The van der Waals surface area contributed by atoms with Gasteiger partial charge >= 0.3 is 0 Å². The van der Waals surface area contributed by atoms with E-state index in [0.717, 1.165) is 41.8 Å². The van der Waals surface area contributed by atoms with E-state index in [4.69, 9.17) is 9.47 Å². The zero-order valence-corrected chi connectivity index (χ0v) is 11.1. The Bertz CT molecular complexity index is 427. The highest BCUT2D eigenvalue weighted by molar-refractivity contribution is 9.10. The van der Waals surface area contributed by atoms with Gasteiger partial charge in [-0.2, -0.15) is 0 Å². The van der Waals surface area contributed by atoms with Crippen molar-refractivity contribution >= 4 is 15.9 Å². The lowest BCUT2D eigenvalue weighted by molar-refractivity contribution is -0.0839. The van der Waals surface area contributed by atoms with Gasteiger partial charge in [0.25, 0.3) is 0 Å². The fourth-order valence-electron chi connectivity index (χ4n) is 2.66. The molecule has 1 spiro atoms. The van der Waals surface area contributed by atoms with Crippen LogP contribution in [-0.4, -0.2) is 23.9 Å². The Hall–Kier alpha value is -0.580. The number of hydrogen-bond donors (Lipinski definition) is 1. The van der Waals surface area contributed by atoms with E-state index in [9.17, 15) is 5.11 Å². The molecule has 0 aliphatic carbocycles. The van der Waals surface area contributed by atoms with Crippen molar-refractivity contribution < 1.29 is 14.6 Å². The van der Waals surface area contributed by atoms with E-state index in [1.54, 1.807) is 0 Å². The van der Waals surface area contributed by atoms with Crippen molar-refractivity contribution in [3.05, 3.63) is 28.2 Å². The summed E-state index contributed by atoms with van der Waals surface area (Å²) in [6.07, 6.45) is 1.95. The lowest BCUT2D eigenvalue weighted by atomic mass is 9.83. The average molecular weight is 299 g/mol. The van der Waals surface area contributed by atoms with Crippen LogP contribution in [0.2, 0.25) is 0 Å². The van der Waals surface area contributed by atoms with Crippen LogP contribution in [0, 0.1) is 0 Å². The van der Waals surface area contributed by atoms with Gasteiger partial charge in [-0.1, -0.05) is 15.9 Å². The van der Waals surface area contributed by atoms with Gasteiger partial charge in [-0.15, -0.1) is 0 Å². The molecule has 3 nitrogen and oxygen atoms in total.